The number of aromatic nitrogens is 2. The van der Waals surface area contributed by atoms with Gasteiger partial charge in [0.1, 0.15) is 0 Å². The molecule has 0 unspecified atom stereocenters. The van der Waals surface area contributed by atoms with Crippen molar-refractivity contribution in [1.82, 2.24) is 19.8 Å². The van der Waals surface area contributed by atoms with Crippen LogP contribution in [0.2, 0.25) is 0 Å². The average molecular weight is 386 g/mol. The lowest BCUT2D eigenvalue weighted by molar-refractivity contribution is -0.136. The molecular weight excluding hydrogens is 350 g/mol. The van der Waals surface area contributed by atoms with Crippen molar-refractivity contribution < 1.29 is 4.79 Å². The van der Waals surface area contributed by atoms with Crippen molar-refractivity contribution in [2.24, 2.45) is 5.92 Å². The molecule has 0 bridgehead atoms. The third-order valence-electron chi connectivity index (χ3n) is 6.88. The van der Waals surface area contributed by atoms with Crippen LogP contribution in [-0.2, 0) is 11.2 Å². The first-order valence-corrected chi connectivity index (χ1v) is 11.3. The van der Waals surface area contributed by atoms with E-state index in [1.807, 2.05) is 6.20 Å². The second kappa shape index (κ2) is 8.76. The van der Waals surface area contributed by atoms with Crippen LogP contribution >= 0.6 is 0 Å². The number of carbonyl (C=O) groups is 1. The number of likely N-dealkylation sites (tertiary alicyclic amines) is 2. The quantitative estimate of drug-likeness (QED) is 0.798. The highest BCUT2D eigenvalue weighted by atomic mass is 16.2. The van der Waals surface area contributed by atoms with Crippen LogP contribution in [0.1, 0.15) is 56.7 Å². The molecule has 1 aromatic heterocycles. The van der Waals surface area contributed by atoms with Crippen LogP contribution in [0.25, 0.3) is 0 Å². The number of carbonyl (C=O) groups excluding carboxylic acids is 1. The molecule has 1 aromatic rings. The number of hydrogen-bond donors (Lipinski definition) is 0. The molecule has 6 heteroatoms. The van der Waals surface area contributed by atoms with Gasteiger partial charge in [0.15, 0.2) is 0 Å². The van der Waals surface area contributed by atoms with E-state index in [-0.39, 0.29) is 5.92 Å². The molecular formula is C22H35N5O. The Labute approximate surface area is 169 Å². The first kappa shape index (κ1) is 19.6. The summed E-state index contributed by atoms with van der Waals surface area (Å²) in [6.45, 7) is 10.3. The van der Waals surface area contributed by atoms with Crippen LogP contribution in [-0.4, -0.2) is 71.0 Å². The summed E-state index contributed by atoms with van der Waals surface area (Å²) in [7, 11) is 0. The van der Waals surface area contributed by atoms with Gasteiger partial charge >= 0.3 is 0 Å². The van der Waals surface area contributed by atoms with Crippen molar-refractivity contribution in [3.8, 4) is 0 Å². The number of anilines is 1. The largest absolute Gasteiger partial charge is 0.342 e. The summed E-state index contributed by atoms with van der Waals surface area (Å²) in [6.07, 6.45) is 9.80. The minimum atomic E-state index is 0.220. The van der Waals surface area contributed by atoms with E-state index in [1.165, 1.54) is 18.4 Å². The van der Waals surface area contributed by atoms with Gasteiger partial charge in [-0.2, -0.15) is 0 Å². The molecule has 154 valence electrons. The van der Waals surface area contributed by atoms with Crippen LogP contribution in [0.4, 0.5) is 5.95 Å². The normalized spacial score (nSPS) is 24.7. The molecule has 0 spiro atoms. The highest BCUT2D eigenvalue weighted by Crippen LogP contribution is 2.27. The Morgan fingerprint density at radius 2 is 1.82 bits per heavy atom. The van der Waals surface area contributed by atoms with Gasteiger partial charge in [0.2, 0.25) is 11.9 Å². The number of hydrogen-bond acceptors (Lipinski definition) is 5. The highest BCUT2D eigenvalue weighted by molar-refractivity contribution is 5.79. The summed E-state index contributed by atoms with van der Waals surface area (Å²) in [4.78, 5) is 29.2. The molecule has 1 amide bonds. The maximum atomic E-state index is 12.8. The SMILES string of the molecule is CCc1nc(N2CCC(N3CCC[C@H](C(=O)N4CCCC4)C3)CC2)ncc1C. The predicted octanol–water partition coefficient (Wildman–Crippen LogP) is 2.65. The van der Waals surface area contributed by atoms with Crippen molar-refractivity contribution >= 4 is 11.9 Å². The minimum Gasteiger partial charge on any atom is -0.342 e. The Bertz CT molecular complexity index is 680. The summed E-state index contributed by atoms with van der Waals surface area (Å²) in [5.41, 5.74) is 2.34. The molecule has 3 aliphatic rings. The van der Waals surface area contributed by atoms with Crippen molar-refractivity contribution in [3.63, 3.8) is 0 Å². The Hall–Kier alpha value is -1.69. The van der Waals surface area contributed by atoms with Crippen molar-refractivity contribution in [3.05, 3.63) is 17.5 Å². The third-order valence-corrected chi connectivity index (χ3v) is 6.88. The van der Waals surface area contributed by atoms with Crippen LogP contribution < -0.4 is 4.90 Å². The predicted molar refractivity (Wildman–Crippen MR) is 111 cm³/mol. The van der Waals surface area contributed by atoms with E-state index in [0.717, 1.165) is 83.0 Å². The van der Waals surface area contributed by atoms with Crippen molar-refractivity contribution in [2.75, 3.05) is 44.2 Å². The molecule has 0 N–H and O–H groups in total. The molecule has 0 saturated carbocycles. The zero-order chi connectivity index (χ0) is 19.5. The van der Waals surface area contributed by atoms with E-state index in [0.29, 0.717) is 11.9 Å². The molecule has 0 aliphatic carbocycles. The third kappa shape index (κ3) is 4.17. The molecule has 3 aliphatic heterocycles. The Balaban J connectivity index is 1.32. The monoisotopic (exact) mass is 385 g/mol. The number of aryl methyl sites for hydroxylation is 2. The maximum absolute atomic E-state index is 12.8. The molecule has 0 aromatic carbocycles. The molecule has 1 atom stereocenters. The Kier molecular flexibility index (Phi) is 6.14. The highest BCUT2D eigenvalue weighted by Gasteiger charge is 2.34. The van der Waals surface area contributed by atoms with Gasteiger partial charge < -0.3 is 9.80 Å². The fraction of sp³-hybridized carbons (Fsp3) is 0.773. The lowest BCUT2D eigenvalue weighted by Gasteiger charge is -2.42. The van der Waals surface area contributed by atoms with Crippen molar-refractivity contribution in [2.45, 2.75) is 64.8 Å². The molecule has 0 radical (unpaired) electrons. The van der Waals surface area contributed by atoms with Crippen LogP contribution in [0.15, 0.2) is 6.20 Å². The van der Waals surface area contributed by atoms with Crippen molar-refractivity contribution in [1.29, 1.82) is 0 Å². The van der Waals surface area contributed by atoms with E-state index in [4.69, 9.17) is 4.98 Å². The molecule has 28 heavy (non-hydrogen) atoms. The smallest absolute Gasteiger partial charge is 0.226 e. The van der Waals surface area contributed by atoms with E-state index < -0.39 is 0 Å². The van der Waals surface area contributed by atoms with Crippen LogP contribution in [0.5, 0.6) is 0 Å². The fourth-order valence-corrected chi connectivity index (χ4v) is 5.14. The maximum Gasteiger partial charge on any atom is 0.226 e. The van der Waals surface area contributed by atoms with Gasteiger partial charge in [-0.05, 0) is 64.0 Å². The molecule has 6 nitrogen and oxygen atoms in total. The van der Waals surface area contributed by atoms with E-state index in [2.05, 4.69) is 33.5 Å². The van der Waals surface area contributed by atoms with Gasteiger partial charge in [-0.25, -0.2) is 9.97 Å². The zero-order valence-corrected chi connectivity index (χ0v) is 17.6. The molecule has 4 rings (SSSR count). The molecule has 4 heterocycles. The van der Waals surface area contributed by atoms with Gasteiger partial charge in [0.25, 0.3) is 0 Å². The van der Waals surface area contributed by atoms with Crippen LogP contribution in [0.3, 0.4) is 0 Å². The fourth-order valence-electron chi connectivity index (χ4n) is 5.14. The van der Waals surface area contributed by atoms with E-state index in [1.54, 1.807) is 0 Å². The first-order chi connectivity index (χ1) is 13.7. The Morgan fingerprint density at radius 1 is 1.07 bits per heavy atom. The Morgan fingerprint density at radius 3 is 2.54 bits per heavy atom. The molecule has 3 saturated heterocycles. The van der Waals surface area contributed by atoms with Gasteiger partial charge in [-0.1, -0.05) is 6.92 Å². The summed E-state index contributed by atoms with van der Waals surface area (Å²) in [5.74, 6) is 1.53. The van der Waals surface area contributed by atoms with Gasteiger partial charge in [0.05, 0.1) is 5.92 Å². The lowest BCUT2D eigenvalue weighted by atomic mass is 9.93. The second-order valence-corrected chi connectivity index (χ2v) is 8.74. The standard InChI is InChI=1S/C22H35N5O/c1-3-20-17(2)15-23-22(24-20)26-13-8-19(9-14-26)27-12-6-7-18(16-27)21(28)25-10-4-5-11-25/h15,18-19H,3-14,16H2,1-2H3/t18-/m0/s1. The number of rotatable bonds is 4. The number of nitrogens with zero attached hydrogens (tertiary/aromatic N) is 5. The second-order valence-electron chi connectivity index (χ2n) is 8.74. The number of amides is 1. The number of piperidine rings is 2. The summed E-state index contributed by atoms with van der Waals surface area (Å²) >= 11 is 0. The summed E-state index contributed by atoms with van der Waals surface area (Å²) < 4.78 is 0. The average Bonchev–Trinajstić information content (AvgIpc) is 3.29. The molecule has 3 fully saturated rings. The van der Waals surface area contributed by atoms with Gasteiger partial charge in [0, 0.05) is 50.7 Å². The topological polar surface area (TPSA) is 52.6 Å². The van der Waals surface area contributed by atoms with Gasteiger partial charge in [-0.3, -0.25) is 9.69 Å². The van der Waals surface area contributed by atoms with Gasteiger partial charge in [-0.15, -0.1) is 0 Å². The van der Waals surface area contributed by atoms with Crippen LogP contribution in [0, 0.1) is 12.8 Å². The first-order valence-electron chi connectivity index (χ1n) is 11.3. The summed E-state index contributed by atoms with van der Waals surface area (Å²) in [6, 6.07) is 0.599. The van der Waals surface area contributed by atoms with E-state index >= 15 is 0 Å². The minimum absolute atomic E-state index is 0.220. The lowest BCUT2D eigenvalue weighted by Crippen LogP contribution is -2.51. The summed E-state index contributed by atoms with van der Waals surface area (Å²) in [5, 5.41) is 0. The van der Waals surface area contributed by atoms with E-state index in [9.17, 15) is 4.79 Å². The zero-order valence-electron chi connectivity index (χ0n) is 17.6.